The molecule has 6 heteroatoms. The maximum Gasteiger partial charge on any atom is 0.306 e. The molecule has 0 aromatic carbocycles. The molecule has 0 aromatic heterocycles. The molecule has 0 bridgehead atoms. The van der Waals surface area contributed by atoms with Crippen LogP contribution in [0.25, 0.3) is 0 Å². The summed E-state index contributed by atoms with van der Waals surface area (Å²) in [6, 6.07) is 0. The fraction of sp³-hybridized carbons (Fsp3) is 0.878. The molecular formula is C74H138O6. The van der Waals surface area contributed by atoms with Gasteiger partial charge in [-0.05, 0) is 77.0 Å². The Morgan fingerprint density at radius 3 is 0.700 bits per heavy atom. The number of unbranched alkanes of at least 4 members (excludes halogenated alkanes) is 50. The van der Waals surface area contributed by atoms with Crippen molar-refractivity contribution >= 4 is 17.9 Å². The molecule has 0 rings (SSSR count). The summed E-state index contributed by atoms with van der Waals surface area (Å²) in [5.74, 6) is -0.839. The van der Waals surface area contributed by atoms with Gasteiger partial charge in [0, 0.05) is 19.3 Å². The van der Waals surface area contributed by atoms with E-state index >= 15 is 0 Å². The molecule has 0 aliphatic carbocycles. The molecular weight excluding hydrogens is 985 g/mol. The fourth-order valence-electron chi connectivity index (χ4n) is 10.9. The molecule has 0 fully saturated rings. The maximum absolute atomic E-state index is 12.9. The minimum absolute atomic E-state index is 0.0666. The van der Waals surface area contributed by atoms with E-state index in [9.17, 15) is 14.4 Å². The molecule has 0 spiro atoms. The SMILES string of the molecule is CCCCCCC/C=C\C/C=C\CCCCCCCCCCCCCCCCCCCCCC(=O)OCC(COC(=O)CCCCCCCCCCCCCC)OC(=O)CCCCCCCCCCC/C=C\CCCCCCCC. The molecule has 80 heavy (non-hydrogen) atoms. The Morgan fingerprint density at radius 2 is 0.450 bits per heavy atom. The quantitative estimate of drug-likeness (QED) is 0.0261. The minimum Gasteiger partial charge on any atom is -0.462 e. The average molecular weight is 1120 g/mol. The summed E-state index contributed by atoms with van der Waals surface area (Å²) < 4.78 is 17.0. The fourth-order valence-corrected chi connectivity index (χ4v) is 10.9. The number of allylic oxidation sites excluding steroid dienone is 6. The number of carbonyl (C=O) groups excluding carboxylic acids is 3. The molecule has 0 amide bonds. The van der Waals surface area contributed by atoms with Crippen LogP contribution in [0.3, 0.4) is 0 Å². The Balaban J connectivity index is 4.13. The highest BCUT2D eigenvalue weighted by Crippen LogP contribution is 2.18. The van der Waals surface area contributed by atoms with Gasteiger partial charge in [-0.25, -0.2) is 0 Å². The monoisotopic (exact) mass is 1120 g/mol. The van der Waals surface area contributed by atoms with Crippen molar-refractivity contribution in [2.45, 2.75) is 406 Å². The van der Waals surface area contributed by atoms with Crippen LogP contribution >= 0.6 is 0 Å². The second-order valence-electron chi connectivity index (χ2n) is 24.5. The first-order chi connectivity index (χ1) is 39.5. The van der Waals surface area contributed by atoms with Gasteiger partial charge in [-0.2, -0.15) is 0 Å². The summed E-state index contributed by atoms with van der Waals surface area (Å²) >= 11 is 0. The molecule has 0 saturated heterocycles. The van der Waals surface area contributed by atoms with Gasteiger partial charge in [0.05, 0.1) is 0 Å². The Hall–Kier alpha value is -2.37. The zero-order valence-electron chi connectivity index (χ0n) is 54.1. The van der Waals surface area contributed by atoms with Gasteiger partial charge in [0.15, 0.2) is 6.10 Å². The summed E-state index contributed by atoms with van der Waals surface area (Å²) in [6.45, 7) is 6.69. The Morgan fingerprint density at radius 1 is 0.250 bits per heavy atom. The van der Waals surface area contributed by atoms with Crippen LogP contribution in [0, 0.1) is 0 Å². The lowest BCUT2D eigenvalue weighted by molar-refractivity contribution is -0.167. The van der Waals surface area contributed by atoms with E-state index in [1.807, 2.05) is 0 Å². The lowest BCUT2D eigenvalue weighted by atomic mass is 10.0. The van der Waals surface area contributed by atoms with Gasteiger partial charge in [-0.15, -0.1) is 0 Å². The number of hydrogen-bond acceptors (Lipinski definition) is 6. The Labute approximate surface area is 499 Å². The van der Waals surface area contributed by atoms with E-state index in [0.29, 0.717) is 19.3 Å². The van der Waals surface area contributed by atoms with E-state index in [2.05, 4.69) is 57.2 Å². The van der Waals surface area contributed by atoms with Gasteiger partial charge in [0.25, 0.3) is 0 Å². The van der Waals surface area contributed by atoms with Gasteiger partial charge in [-0.3, -0.25) is 14.4 Å². The van der Waals surface area contributed by atoms with Crippen molar-refractivity contribution < 1.29 is 28.6 Å². The molecule has 0 N–H and O–H groups in total. The molecule has 6 nitrogen and oxygen atoms in total. The highest BCUT2D eigenvalue weighted by Gasteiger charge is 2.19. The van der Waals surface area contributed by atoms with Gasteiger partial charge in [-0.1, -0.05) is 340 Å². The van der Waals surface area contributed by atoms with Crippen molar-refractivity contribution in [1.29, 1.82) is 0 Å². The van der Waals surface area contributed by atoms with E-state index in [-0.39, 0.29) is 31.1 Å². The summed E-state index contributed by atoms with van der Waals surface area (Å²) in [5.41, 5.74) is 0. The summed E-state index contributed by atoms with van der Waals surface area (Å²) in [6.07, 6.45) is 86.1. The second kappa shape index (κ2) is 69.1. The van der Waals surface area contributed by atoms with Crippen molar-refractivity contribution in [3.8, 4) is 0 Å². The number of rotatable bonds is 67. The number of hydrogen-bond donors (Lipinski definition) is 0. The minimum atomic E-state index is -0.770. The van der Waals surface area contributed by atoms with E-state index < -0.39 is 6.10 Å². The van der Waals surface area contributed by atoms with Crippen LogP contribution in [0.15, 0.2) is 36.5 Å². The zero-order valence-corrected chi connectivity index (χ0v) is 54.1. The van der Waals surface area contributed by atoms with Crippen molar-refractivity contribution in [2.24, 2.45) is 0 Å². The largest absolute Gasteiger partial charge is 0.462 e. The van der Waals surface area contributed by atoms with Crippen molar-refractivity contribution in [3.05, 3.63) is 36.5 Å². The molecule has 0 radical (unpaired) electrons. The van der Waals surface area contributed by atoms with Crippen LogP contribution in [-0.2, 0) is 28.6 Å². The molecule has 0 aliphatic heterocycles. The molecule has 0 aromatic rings. The van der Waals surface area contributed by atoms with Crippen LogP contribution in [0.1, 0.15) is 400 Å². The third-order valence-corrected chi connectivity index (χ3v) is 16.4. The molecule has 1 unspecified atom stereocenters. The first kappa shape index (κ1) is 77.6. The van der Waals surface area contributed by atoms with Crippen LogP contribution in [0.2, 0.25) is 0 Å². The molecule has 470 valence electrons. The topological polar surface area (TPSA) is 78.9 Å². The number of carbonyl (C=O) groups is 3. The standard InChI is InChI=1S/C74H138O6/c1-4-7-10-13-16-19-22-25-27-29-31-32-33-34-35-36-37-38-39-40-41-42-44-45-47-49-52-55-58-61-64-67-73(76)79-70-71(69-78-72(75)66-63-60-57-54-51-24-21-18-15-12-9-6-3)80-74(77)68-65-62-59-56-53-50-48-46-43-30-28-26-23-20-17-14-11-8-5-2/h22,25-26,28-29,31,71H,4-21,23-24,27,30,32-70H2,1-3H3/b25-22-,28-26-,31-29-. The Bertz CT molecular complexity index is 1340. The van der Waals surface area contributed by atoms with E-state index in [0.717, 1.165) is 64.2 Å². The smallest absolute Gasteiger partial charge is 0.306 e. The van der Waals surface area contributed by atoms with Crippen molar-refractivity contribution in [2.75, 3.05) is 13.2 Å². The first-order valence-electron chi connectivity index (χ1n) is 36.0. The number of ether oxygens (including phenoxy) is 3. The third kappa shape index (κ3) is 66.4. The molecule has 0 heterocycles. The van der Waals surface area contributed by atoms with Crippen LogP contribution < -0.4 is 0 Å². The lowest BCUT2D eigenvalue weighted by Gasteiger charge is -2.18. The summed E-state index contributed by atoms with van der Waals surface area (Å²) in [7, 11) is 0. The predicted molar refractivity (Wildman–Crippen MR) is 349 cm³/mol. The van der Waals surface area contributed by atoms with E-state index in [1.54, 1.807) is 0 Å². The van der Waals surface area contributed by atoms with Crippen molar-refractivity contribution in [3.63, 3.8) is 0 Å². The molecule has 1 atom stereocenters. The van der Waals surface area contributed by atoms with Gasteiger partial charge >= 0.3 is 17.9 Å². The average Bonchev–Trinajstić information content (AvgIpc) is 3.46. The number of esters is 3. The normalized spacial score (nSPS) is 12.2. The van der Waals surface area contributed by atoms with Gasteiger partial charge in [0.1, 0.15) is 13.2 Å². The van der Waals surface area contributed by atoms with Gasteiger partial charge in [0.2, 0.25) is 0 Å². The van der Waals surface area contributed by atoms with Crippen molar-refractivity contribution in [1.82, 2.24) is 0 Å². The van der Waals surface area contributed by atoms with E-state index in [1.165, 1.54) is 295 Å². The maximum atomic E-state index is 12.9. The lowest BCUT2D eigenvalue weighted by Crippen LogP contribution is -2.30. The third-order valence-electron chi connectivity index (χ3n) is 16.4. The Kier molecular flexibility index (Phi) is 67.1. The van der Waals surface area contributed by atoms with Gasteiger partial charge < -0.3 is 14.2 Å². The highest BCUT2D eigenvalue weighted by molar-refractivity contribution is 5.71. The zero-order chi connectivity index (χ0) is 57.8. The summed E-state index contributed by atoms with van der Waals surface area (Å²) in [5, 5.41) is 0. The van der Waals surface area contributed by atoms with Crippen LogP contribution in [0.4, 0.5) is 0 Å². The van der Waals surface area contributed by atoms with E-state index in [4.69, 9.17) is 14.2 Å². The highest BCUT2D eigenvalue weighted by atomic mass is 16.6. The van der Waals surface area contributed by atoms with Crippen LogP contribution in [0.5, 0.6) is 0 Å². The molecule has 0 aliphatic rings. The summed E-state index contributed by atoms with van der Waals surface area (Å²) in [4.78, 5) is 38.4. The second-order valence-corrected chi connectivity index (χ2v) is 24.5. The molecule has 0 saturated carbocycles. The first-order valence-corrected chi connectivity index (χ1v) is 36.0. The predicted octanol–water partition coefficient (Wildman–Crippen LogP) is 24.7. The van der Waals surface area contributed by atoms with Crippen LogP contribution in [-0.4, -0.2) is 37.2 Å².